The second-order valence-corrected chi connectivity index (χ2v) is 9.63. The zero-order valence-electron chi connectivity index (χ0n) is 18.4. The standard InChI is InChI=1S/C25H27ClN2O4S/c1-2-32-23-14-16-24(17-15-23)33(30,31)28(22-8-4-3-5-9-22)19-25(29)27-18-6-7-20-10-12-21(26)13-11-20/h3-5,8-17H,2,6-7,18-19H2,1H3,(H,27,29). The molecule has 0 fully saturated rings. The van der Waals surface area contributed by atoms with Crippen molar-refractivity contribution in [3.63, 3.8) is 0 Å². The maximum atomic E-state index is 13.4. The van der Waals surface area contributed by atoms with Crippen LogP contribution in [0.25, 0.3) is 0 Å². The van der Waals surface area contributed by atoms with Gasteiger partial charge in [-0.05, 0) is 73.9 Å². The van der Waals surface area contributed by atoms with E-state index in [1.807, 2.05) is 31.2 Å². The molecule has 0 spiro atoms. The van der Waals surface area contributed by atoms with Crippen LogP contribution in [0.4, 0.5) is 5.69 Å². The number of hydrogen-bond donors (Lipinski definition) is 1. The number of carbonyl (C=O) groups is 1. The molecule has 0 unspecified atom stereocenters. The third-order valence-corrected chi connectivity index (χ3v) is 6.97. The number of nitrogens with zero attached hydrogens (tertiary/aromatic N) is 1. The topological polar surface area (TPSA) is 75.7 Å². The highest BCUT2D eigenvalue weighted by Crippen LogP contribution is 2.25. The minimum Gasteiger partial charge on any atom is -0.494 e. The molecular formula is C25H27ClN2O4S. The Labute approximate surface area is 200 Å². The van der Waals surface area contributed by atoms with Crippen LogP contribution in [-0.4, -0.2) is 34.0 Å². The lowest BCUT2D eigenvalue weighted by Gasteiger charge is -2.24. The Kier molecular flexibility index (Phi) is 8.74. The molecule has 33 heavy (non-hydrogen) atoms. The summed E-state index contributed by atoms with van der Waals surface area (Å²) in [6, 6.07) is 22.3. The highest BCUT2D eigenvalue weighted by molar-refractivity contribution is 7.92. The number of benzene rings is 3. The monoisotopic (exact) mass is 486 g/mol. The fourth-order valence-electron chi connectivity index (χ4n) is 3.27. The second-order valence-electron chi connectivity index (χ2n) is 7.33. The van der Waals surface area contributed by atoms with E-state index in [0.717, 1.165) is 22.7 Å². The summed E-state index contributed by atoms with van der Waals surface area (Å²) in [5, 5.41) is 3.51. The number of aryl methyl sites for hydroxylation is 1. The van der Waals surface area contributed by atoms with Crippen LogP contribution in [0.1, 0.15) is 18.9 Å². The molecule has 174 valence electrons. The van der Waals surface area contributed by atoms with Gasteiger partial charge in [0.1, 0.15) is 12.3 Å². The van der Waals surface area contributed by atoms with Gasteiger partial charge in [-0.1, -0.05) is 41.9 Å². The van der Waals surface area contributed by atoms with Gasteiger partial charge in [-0.2, -0.15) is 0 Å². The van der Waals surface area contributed by atoms with Crippen LogP contribution in [0.15, 0.2) is 83.8 Å². The van der Waals surface area contributed by atoms with E-state index in [4.69, 9.17) is 16.3 Å². The Morgan fingerprint density at radius 2 is 1.64 bits per heavy atom. The summed E-state index contributed by atoms with van der Waals surface area (Å²) in [4.78, 5) is 12.7. The van der Waals surface area contributed by atoms with E-state index < -0.39 is 10.0 Å². The lowest BCUT2D eigenvalue weighted by atomic mass is 10.1. The molecule has 3 rings (SSSR count). The van der Waals surface area contributed by atoms with E-state index in [-0.39, 0.29) is 17.3 Å². The maximum Gasteiger partial charge on any atom is 0.264 e. The lowest BCUT2D eigenvalue weighted by Crippen LogP contribution is -2.41. The van der Waals surface area contributed by atoms with E-state index in [1.54, 1.807) is 42.5 Å². The smallest absolute Gasteiger partial charge is 0.264 e. The number of halogens is 1. The number of anilines is 1. The molecule has 0 saturated heterocycles. The largest absolute Gasteiger partial charge is 0.494 e. The summed E-state index contributed by atoms with van der Waals surface area (Å²) < 4.78 is 33.3. The van der Waals surface area contributed by atoms with Crippen molar-refractivity contribution in [3.8, 4) is 5.75 Å². The van der Waals surface area contributed by atoms with Crippen LogP contribution < -0.4 is 14.4 Å². The molecule has 1 N–H and O–H groups in total. The number of carbonyl (C=O) groups excluding carboxylic acids is 1. The number of rotatable bonds is 11. The second kappa shape index (κ2) is 11.7. The average Bonchev–Trinajstić information content (AvgIpc) is 2.82. The molecule has 0 atom stereocenters. The summed E-state index contributed by atoms with van der Waals surface area (Å²) in [7, 11) is -3.95. The Balaban J connectivity index is 1.67. The fourth-order valence-corrected chi connectivity index (χ4v) is 4.82. The molecule has 3 aromatic rings. The van der Waals surface area contributed by atoms with Crippen LogP contribution in [0, 0.1) is 0 Å². The van der Waals surface area contributed by atoms with Gasteiger partial charge in [-0.15, -0.1) is 0 Å². The van der Waals surface area contributed by atoms with Gasteiger partial charge in [0, 0.05) is 11.6 Å². The van der Waals surface area contributed by atoms with Gasteiger partial charge < -0.3 is 10.1 Å². The lowest BCUT2D eigenvalue weighted by molar-refractivity contribution is -0.119. The minimum absolute atomic E-state index is 0.0883. The molecule has 0 saturated carbocycles. The normalized spacial score (nSPS) is 11.1. The number of hydrogen-bond acceptors (Lipinski definition) is 4. The molecule has 0 aromatic heterocycles. The molecule has 0 heterocycles. The van der Waals surface area contributed by atoms with E-state index in [1.165, 1.54) is 12.1 Å². The molecule has 3 aromatic carbocycles. The van der Waals surface area contributed by atoms with E-state index in [2.05, 4.69) is 5.32 Å². The van der Waals surface area contributed by atoms with Crippen LogP contribution in [0.3, 0.4) is 0 Å². The van der Waals surface area contributed by atoms with Crippen molar-refractivity contribution < 1.29 is 17.9 Å². The van der Waals surface area contributed by atoms with Gasteiger partial charge >= 0.3 is 0 Å². The first kappa shape index (κ1) is 24.6. The molecule has 0 aliphatic heterocycles. The van der Waals surface area contributed by atoms with Gasteiger partial charge in [0.15, 0.2) is 0 Å². The van der Waals surface area contributed by atoms with Crippen LogP contribution >= 0.6 is 11.6 Å². The predicted molar refractivity (Wildman–Crippen MR) is 131 cm³/mol. The Morgan fingerprint density at radius 3 is 2.27 bits per heavy atom. The van der Waals surface area contributed by atoms with Gasteiger partial charge in [0.25, 0.3) is 10.0 Å². The number of sulfonamides is 1. The summed E-state index contributed by atoms with van der Waals surface area (Å²) in [5.41, 5.74) is 1.54. The molecule has 6 nitrogen and oxygen atoms in total. The molecule has 0 aliphatic carbocycles. The van der Waals surface area contributed by atoms with Crippen molar-refractivity contribution in [1.29, 1.82) is 0 Å². The van der Waals surface area contributed by atoms with Gasteiger partial charge in [0.05, 0.1) is 17.2 Å². The maximum absolute atomic E-state index is 13.4. The zero-order valence-corrected chi connectivity index (χ0v) is 20.0. The van der Waals surface area contributed by atoms with E-state index >= 15 is 0 Å². The third kappa shape index (κ3) is 6.97. The van der Waals surface area contributed by atoms with Gasteiger partial charge in [-0.3, -0.25) is 9.10 Å². The first-order valence-corrected chi connectivity index (χ1v) is 12.5. The molecule has 0 radical (unpaired) electrons. The van der Waals surface area contributed by atoms with Crippen molar-refractivity contribution in [3.05, 3.63) is 89.4 Å². The van der Waals surface area contributed by atoms with Crippen molar-refractivity contribution in [1.82, 2.24) is 5.32 Å². The predicted octanol–water partition coefficient (Wildman–Crippen LogP) is 4.68. The van der Waals surface area contributed by atoms with Crippen molar-refractivity contribution in [2.24, 2.45) is 0 Å². The van der Waals surface area contributed by atoms with E-state index in [0.29, 0.717) is 29.6 Å². The van der Waals surface area contributed by atoms with Gasteiger partial charge in [-0.25, -0.2) is 8.42 Å². The van der Waals surface area contributed by atoms with Crippen molar-refractivity contribution in [2.45, 2.75) is 24.7 Å². The Hall–Kier alpha value is -3.03. The SMILES string of the molecule is CCOc1ccc(S(=O)(=O)N(CC(=O)NCCCc2ccc(Cl)cc2)c2ccccc2)cc1. The molecular weight excluding hydrogens is 460 g/mol. The number of amides is 1. The summed E-state index contributed by atoms with van der Waals surface area (Å²) >= 11 is 5.90. The first-order chi connectivity index (χ1) is 15.9. The summed E-state index contributed by atoms with van der Waals surface area (Å²) in [6.45, 7) is 2.46. The summed E-state index contributed by atoms with van der Waals surface area (Å²) in [5.74, 6) is 0.214. The number of nitrogens with one attached hydrogen (secondary N) is 1. The number of ether oxygens (including phenoxy) is 1. The van der Waals surface area contributed by atoms with Crippen molar-refractivity contribution in [2.75, 3.05) is 24.0 Å². The molecule has 1 amide bonds. The highest BCUT2D eigenvalue weighted by atomic mass is 35.5. The first-order valence-electron chi connectivity index (χ1n) is 10.7. The van der Waals surface area contributed by atoms with Gasteiger partial charge in [0.2, 0.25) is 5.91 Å². The molecule has 0 bridgehead atoms. The third-order valence-electron chi connectivity index (χ3n) is 4.93. The van der Waals surface area contributed by atoms with Crippen molar-refractivity contribution >= 4 is 33.2 Å². The van der Waals surface area contributed by atoms with Crippen LogP contribution in [0.5, 0.6) is 5.75 Å². The molecule has 0 aliphatic rings. The Bertz CT molecular complexity index is 1140. The van der Waals surface area contributed by atoms with E-state index in [9.17, 15) is 13.2 Å². The fraction of sp³-hybridized carbons (Fsp3) is 0.240. The zero-order chi connectivity index (χ0) is 23.7. The summed E-state index contributed by atoms with van der Waals surface area (Å²) in [6.07, 6.45) is 1.51. The highest BCUT2D eigenvalue weighted by Gasteiger charge is 2.27. The molecule has 8 heteroatoms. The average molecular weight is 487 g/mol. The quantitative estimate of drug-likeness (QED) is 0.399. The van der Waals surface area contributed by atoms with Crippen LogP contribution in [-0.2, 0) is 21.2 Å². The number of para-hydroxylation sites is 1. The Morgan fingerprint density at radius 1 is 0.970 bits per heavy atom. The minimum atomic E-state index is -3.95. The van der Waals surface area contributed by atoms with Crippen LogP contribution in [0.2, 0.25) is 5.02 Å².